The van der Waals surface area contributed by atoms with E-state index in [0.717, 1.165) is 19.3 Å². The zero-order valence-corrected chi connectivity index (χ0v) is 10.3. The number of nitrogens with zero attached hydrogens (tertiary/aromatic N) is 4. The lowest BCUT2D eigenvalue weighted by Crippen LogP contribution is -2.49. The number of nitrogens with two attached hydrogens (primary N) is 1. The van der Waals surface area contributed by atoms with Crippen LogP contribution in [0.1, 0.15) is 26.2 Å². The van der Waals surface area contributed by atoms with Gasteiger partial charge in [-0.1, -0.05) is 0 Å². The summed E-state index contributed by atoms with van der Waals surface area (Å²) in [7, 11) is 0. The van der Waals surface area contributed by atoms with Crippen LogP contribution < -0.4 is 10.6 Å². The largest absolute Gasteiger partial charge is 0.334 e. The van der Waals surface area contributed by atoms with Crippen molar-refractivity contribution in [2.75, 3.05) is 11.4 Å². The van der Waals surface area contributed by atoms with Crippen LogP contribution in [0.3, 0.4) is 0 Å². The summed E-state index contributed by atoms with van der Waals surface area (Å²) in [5.74, 6) is 0.531. The molecule has 7 nitrogen and oxygen atoms in total. The smallest absolute Gasteiger partial charge is 0.305 e. The van der Waals surface area contributed by atoms with E-state index in [0.29, 0.717) is 18.5 Å². The van der Waals surface area contributed by atoms with Gasteiger partial charge in [-0.2, -0.15) is 0 Å². The third-order valence-electron chi connectivity index (χ3n) is 3.37. The number of hydrogen-bond donors (Lipinski definition) is 1. The van der Waals surface area contributed by atoms with Gasteiger partial charge in [-0.05, 0) is 26.2 Å². The summed E-state index contributed by atoms with van der Waals surface area (Å²) in [6.07, 6.45) is 5.72. The minimum atomic E-state index is -0.496. The fraction of sp³-hybridized carbons (Fsp3) is 0.636. The maximum absolute atomic E-state index is 10.6. The summed E-state index contributed by atoms with van der Waals surface area (Å²) < 4.78 is 0. The van der Waals surface area contributed by atoms with E-state index in [4.69, 9.17) is 5.73 Å². The molecule has 0 aliphatic carbocycles. The normalized spacial score (nSPS) is 24.0. The molecule has 98 valence electrons. The highest BCUT2D eigenvalue weighted by Crippen LogP contribution is 2.26. The molecule has 2 N–H and O–H groups in total. The average molecular weight is 251 g/mol. The first-order valence-electron chi connectivity index (χ1n) is 6.08. The van der Waals surface area contributed by atoms with Crippen molar-refractivity contribution in [3.05, 3.63) is 22.5 Å². The van der Waals surface area contributed by atoms with E-state index in [9.17, 15) is 10.1 Å². The fourth-order valence-electron chi connectivity index (χ4n) is 2.42. The van der Waals surface area contributed by atoms with Gasteiger partial charge in [0.1, 0.15) is 12.4 Å². The molecule has 0 bridgehead atoms. The molecule has 7 heteroatoms. The van der Waals surface area contributed by atoms with Gasteiger partial charge in [0, 0.05) is 18.6 Å². The zero-order chi connectivity index (χ0) is 13.1. The maximum atomic E-state index is 10.6. The Bertz CT molecular complexity index is 422. The summed E-state index contributed by atoms with van der Waals surface area (Å²) in [6, 6.07) is 0.531. The lowest BCUT2D eigenvalue weighted by molar-refractivity contribution is -0.385. The van der Waals surface area contributed by atoms with E-state index in [2.05, 4.69) is 21.8 Å². The molecule has 1 fully saturated rings. The van der Waals surface area contributed by atoms with Gasteiger partial charge >= 0.3 is 5.69 Å². The lowest BCUT2D eigenvalue weighted by Gasteiger charge is -2.40. The van der Waals surface area contributed by atoms with Crippen LogP contribution in [-0.4, -0.2) is 33.5 Å². The van der Waals surface area contributed by atoms with Gasteiger partial charge in [0.2, 0.25) is 5.95 Å². The molecule has 1 aromatic heterocycles. The Morgan fingerprint density at radius 3 is 2.72 bits per heavy atom. The first kappa shape index (κ1) is 12.7. The van der Waals surface area contributed by atoms with E-state index < -0.39 is 4.92 Å². The number of anilines is 1. The van der Waals surface area contributed by atoms with E-state index in [1.165, 1.54) is 12.4 Å². The molecular formula is C11H17N5O2. The van der Waals surface area contributed by atoms with Crippen LogP contribution in [0.15, 0.2) is 12.4 Å². The Balaban J connectivity index is 2.24. The first-order valence-corrected chi connectivity index (χ1v) is 6.08. The molecule has 1 aliphatic rings. The number of nitro groups is 1. The van der Waals surface area contributed by atoms with Crippen molar-refractivity contribution in [2.45, 2.75) is 38.3 Å². The molecular weight excluding hydrogens is 234 g/mol. The first-order chi connectivity index (χ1) is 8.63. The number of hydrogen-bond acceptors (Lipinski definition) is 6. The van der Waals surface area contributed by atoms with Gasteiger partial charge in [0.05, 0.1) is 4.92 Å². The molecule has 2 heterocycles. The topological polar surface area (TPSA) is 98.2 Å². The molecule has 2 atom stereocenters. The maximum Gasteiger partial charge on any atom is 0.305 e. The van der Waals surface area contributed by atoms with Crippen LogP contribution in [-0.2, 0) is 0 Å². The van der Waals surface area contributed by atoms with E-state index in [-0.39, 0.29) is 11.7 Å². The summed E-state index contributed by atoms with van der Waals surface area (Å²) in [5, 5.41) is 10.6. The van der Waals surface area contributed by atoms with Crippen molar-refractivity contribution in [3.8, 4) is 0 Å². The summed E-state index contributed by atoms with van der Waals surface area (Å²) in [6.45, 7) is 2.65. The predicted octanol–water partition coefficient (Wildman–Crippen LogP) is 1.09. The molecule has 2 unspecified atom stereocenters. The van der Waals surface area contributed by atoms with E-state index >= 15 is 0 Å². The van der Waals surface area contributed by atoms with Gasteiger partial charge in [-0.15, -0.1) is 0 Å². The van der Waals surface area contributed by atoms with Gasteiger partial charge < -0.3 is 10.6 Å². The Morgan fingerprint density at radius 1 is 1.50 bits per heavy atom. The second-order valence-electron chi connectivity index (χ2n) is 4.58. The van der Waals surface area contributed by atoms with Gasteiger partial charge in [0.15, 0.2) is 0 Å². The van der Waals surface area contributed by atoms with Gasteiger partial charge in [-0.3, -0.25) is 10.1 Å². The monoisotopic (exact) mass is 251 g/mol. The molecule has 1 aliphatic heterocycles. The molecule has 2 rings (SSSR count). The lowest BCUT2D eigenvalue weighted by atomic mass is 9.97. The van der Waals surface area contributed by atoms with Crippen molar-refractivity contribution in [3.63, 3.8) is 0 Å². The second-order valence-corrected chi connectivity index (χ2v) is 4.58. The molecule has 1 saturated heterocycles. The van der Waals surface area contributed by atoms with Crippen molar-refractivity contribution in [1.29, 1.82) is 0 Å². The van der Waals surface area contributed by atoms with Crippen LogP contribution in [0.4, 0.5) is 11.6 Å². The quantitative estimate of drug-likeness (QED) is 0.637. The van der Waals surface area contributed by atoms with Crippen LogP contribution in [0.25, 0.3) is 0 Å². The summed E-state index contributed by atoms with van der Waals surface area (Å²) in [4.78, 5) is 20.3. The molecule has 18 heavy (non-hydrogen) atoms. The molecule has 0 aromatic carbocycles. The number of piperidine rings is 1. The van der Waals surface area contributed by atoms with Gasteiger partial charge in [0.25, 0.3) is 0 Å². The minimum Gasteiger partial charge on any atom is -0.334 e. The molecule has 1 aromatic rings. The zero-order valence-electron chi connectivity index (χ0n) is 10.3. The highest BCUT2D eigenvalue weighted by molar-refractivity contribution is 5.37. The van der Waals surface area contributed by atoms with Crippen LogP contribution in [0.5, 0.6) is 0 Å². The van der Waals surface area contributed by atoms with E-state index in [1.807, 2.05) is 0 Å². The fourth-order valence-corrected chi connectivity index (χ4v) is 2.42. The van der Waals surface area contributed by atoms with Crippen molar-refractivity contribution < 1.29 is 4.92 Å². The Morgan fingerprint density at radius 2 is 2.17 bits per heavy atom. The SMILES string of the molecule is CC1CCCC(CN)N1c1ncc([N+](=O)[O-])cn1. The van der Waals surface area contributed by atoms with Crippen molar-refractivity contribution in [2.24, 2.45) is 5.73 Å². The highest BCUT2D eigenvalue weighted by atomic mass is 16.6. The highest BCUT2D eigenvalue weighted by Gasteiger charge is 2.29. The van der Waals surface area contributed by atoms with Crippen molar-refractivity contribution >= 4 is 11.6 Å². The van der Waals surface area contributed by atoms with Crippen LogP contribution in [0.2, 0.25) is 0 Å². The molecule has 0 spiro atoms. The van der Waals surface area contributed by atoms with Crippen molar-refractivity contribution in [1.82, 2.24) is 9.97 Å². The number of rotatable bonds is 3. The standard InChI is InChI=1S/C11H17N5O2/c1-8-3-2-4-9(5-12)15(8)11-13-6-10(7-14-11)16(17)18/h6-9H,2-5,12H2,1H3. The van der Waals surface area contributed by atoms with Gasteiger partial charge in [-0.25, -0.2) is 9.97 Å². The molecule has 0 radical (unpaired) electrons. The minimum absolute atomic E-state index is 0.0901. The summed E-state index contributed by atoms with van der Waals surface area (Å²) >= 11 is 0. The second kappa shape index (κ2) is 5.26. The Labute approximate surface area is 105 Å². The summed E-state index contributed by atoms with van der Waals surface area (Å²) in [5.41, 5.74) is 5.68. The predicted molar refractivity (Wildman–Crippen MR) is 67.3 cm³/mol. The van der Waals surface area contributed by atoms with Crippen LogP contribution in [0, 0.1) is 10.1 Å². The van der Waals surface area contributed by atoms with Crippen LogP contribution >= 0.6 is 0 Å². The number of aromatic nitrogens is 2. The average Bonchev–Trinajstić information content (AvgIpc) is 2.38. The van der Waals surface area contributed by atoms with E-state index in [1.54, 1.807) is 0 Å². The third kappa shape index (κ3) is 2.40. The molecule has 0 saturated carbocycles. The third-order valence-corrected chi connectivity index (χ3v) is 3.37. The molecule has 0 amide bonds. The Hall–Kier alpha value is -1.76. The Kier molecular flexibility index (Phi) is 3.71.